The molecule has 3 N–H and O–H groups in total. The van der Waals surface area contributed by atoms with Gasteiger partial charge in [0.25, 0.3) is 0 Å². The number of hydrogen-bond donors (Lipinski definition) is 3. The highest BCUT2D eigenvalue weighted by atomic mass is 16.3. The first-order valence-corrected chi connectivity index (χ1v) is 30.0. The van der Waals surface area contributed by atoms with Crippen LogP contribution in [0.2, 0.25) is 0 Å². The molecule has 0 aliphatic heterocycles. The normalized spacial score (nSPS) is 13.5. The predicted octanol–water partition coefficient (Wildman–Crippen LogP) is 20.1. The van der Waals surface area contributed by atoms with E-state index in [4.69, 9.17) is 0 Å². The van der Waals surface area contributed by atoms with E-state index in [1.54, 1.807) is 6.08 Å². The highest BCUT2D eigenvalue weighted by Gasteiger charge is 2.18. The van der Waals surface area contributed by atoms with Crippen molar-refractivity contribution in [2.75, 3.05) is 6.61 Å². The molecule has 0 radical (unpaired) electrons. The van der Waals surface area contributed by atoms with Crippen molar-refractivity contribution < 1.29 is 15.0 Å². The van der Waals surface area contributed by atoms with Crippen LogP contribution in [0.25, 0.3) is 0 Å². The van der Waals surface area contributed by atoms with Crippen molar-refractivity contribution in [2.24, 2.45) is 0 Å². The lowest BCUT2D eigenvalue weighted by atomic mass is 10.0. The molecule has 4 nitrogen and oxygen atoms in total. The second kappa shape index (κ2) is 59.6. The zero-order valence-corrected chi connectivity index (χ0v) is 45.8. The Morgan fingerprint density at radius 2 is 0.652 bits per heavy atom. The fourth-order valence-electron chi connectivity index (χ4n) is 8.79. The second-order valence-electron chi connectivity index (χ2n) is 20.0. The minimum atomic E-state index is -0.864. The van der Waals surface area contributed by atoms with Crippen molar-refractivity contribution in [3.63, 3.8) is 0 Å². The Labute approximate surface area is 430 Å². The van der Waals surface area contributed by atoms with Crippen molar-refractivity contribution in [1.29, 1.82) is 0 Å². The average molecular weight is 959 g/mol. The number of amides is 1. The van der Waals surface area contributed by atoms with Crippen LogP contribution < -0.4 is 5.32 Å². The number of hydrogen-bond acceptors (Lipinski definition) is 3. The first kappa shape index (κ1) is 66.3. The monoisotopic (exact) mass is 958 g/mol. The van der Waals surface area contributed by atoms with E-state index in [1.807, 2.05) is 6.08 Å². The third-order valence-corrected chi connectivity index (χ3v) is 13.3. The van der Waals surface area contributed by atoms with Crippen LogP contribution in [0.5, 0.6) is 0 Å². The zero-order chi connectivity index (χ0) is 49.9. The first-order chi connectivity index (χ1) is 34.2. The SMILES string of the molecule is CC/C=C\C/C=C\C/C=C\C/C=C\C/C=C\C/C=C\CCCCCCCCCCCCCCCCCCCCCCCCC(=O)NC(CO)C(O)/C=C/CC/C=C/CCCCCCCCCCCC. The van der Waals surface area contributed by atoms with Gasteiger partial charge in [0, 0.05) is 6.42 Å². The second-order valence-corrected chi connectivity index (χ2v) is 20.0. The summed E-state index contributed by atoms with van der Waals surface area (Å²) in [6, 6.07) is -0.641. The fraction of sp³-hybridized carbons (Fsp3) is 0.738. The number of unbranched alkanes of at least 4 members (excludes halogenated alkanes) is 33. The molecular formula is C65H115NO3. The molecule has 398 valence electrons. The van der Waals surface area contributed by atoms with Crippen molar-refractivity contribution in [1.82, 2.24) is 5.32 Å². The number of aliphatic hydroxyl groups is 2. The van der Waals surface area contributed by atoms with Crippen LogP contribution in [-0.2, 0) is 4.79 Å². The molecule has 0 rings (SSSR count). The number of carbonyl (C=O) groups excluding carboxylic acids is 1. The van der Waals surface area contributed by atoms with Crippen LogP contribution in [0.4, 0.5) is 0 Å². The molecule has 0 bridgehead atoms. The van der Waals surface area contributed by atoms with Crippen LogP contribution in [0.3, 0.4) is 0 Å². The molecule has 4 heteroatoms. The van der Waals surface area contributed by atoms with Gasteiger partial charge in [-0.05, 0) is 83.5 Å². The lowest BCUT2D eigenvalue weighted by molar-refractivity contribution is -0.123. The van der Waals surface area contributed by atoms with Gasteiger partial charge in [-0.2, -0.15) is 0 Å². The fourth-order valence-corrected chi connectivity index (χ4v) is 8.79. The van der Waals surface area contributed by atoms with Gasteiger partial charge in [0.05, 0.1) is 18.8 Å². The smallest absolute Gasteiger partial charge is 0.220 e. The summed E-state index contributed by atoms with van der Waals surface area (Å²) in [6.45, 7) is 4.19. The Kier molecular flexibility index (Phi) is 57.3. The molecule has 0 aromatic rings. The first-order valence-electron chi connectivity index (χ1n) is 30.0. The molecule has 0 saturated heterocycles. The standard InChI is InChI=1S/C65H115NO3/c1-3-5-7-9-11-13-15-17-19-21-22-23-24-25-26-27-28-29-30-31-32-33-34-35-36-37-38-39-40-41-42-43-44-45-47-49-51-53-55-57-59-61-65(69)66-63(62-67)64(68)60-58-56-54-52-50-48-46-20-18-16-14-12-10-8-6-4-2/h5,7,11,13,17,19,22-23,25-26,28-29,50,52,58,60,63-64,67-68H,3-4,6,8-10,12,14-16,18,20-21,24,27,30-49,51,53-57,59,61-62H2,1-2H3,(H,66,69)/b7-5-,13-11-,19-17-,23-22-,26-25-,29-28-,52-50+,60-58+. The Balaban J connectivity index is 3.46. The Morgan fingerprint density at radius 1 is 0.362 bits per heavy atom. The maximum atomic E-state index is 12.5. The lowest BCUT2D eigenvalue weighted by Gasteiger charge is -2.19. The van der Waals surface area contributed by atoms with E-state index in [-0.39, 0.29) is 12.5 Å². The molecule has 0 aromatic heterocycles. The van der Waals surface area contributed by atoms with E-state index in [9.17, 15) is 15.0 Å². The van der Waals surface area contributed by atoms with E-state index in [1.165, 1.54) is 199 Å². The number of rotatable bonds is 54. The Morgan fingerprint density at radius 3 is 1.01 bits per heavy atom. The maximum Gasteiger partial charge on any atom is 0.220 e. The van der Waals surface area contributed by atoms with Crippen LogP contribution >= 0.6 is 0 Å². The van der Waals surface area contributed by atoms with Gasteiger partial charge in [0.1, 0.15) is 0 Å². The minimum absolute atomic E-state index is 0.0721. The number of nitrogens with one attached hydrogen (secondary N) is 1. The molecule has 2 unspecified atom stereocenters. The quantitative estimate of drug-likeness (QED) is 0.0420. The predicted molar refractivity (Wildman–Crippen MR) is 308 cm³/mol. The van der Waals surface area contributed by atoms with E-state index < -0.39 is 12.1 Å². The van der Waals surface area contributed by atoms with Gasteiger partial charge in [-0.1, -0.05) is 297 Å². The summed E-state index contributed by atoms with van der Waals surface area (Å²) in [5, 5.41) is 23.1. The van der Waals surface area contributed by atoms with Gasteiger partial charge < -0.3 is 15.5 Å². The van der Waals surface area contributed by atoms with E-state index in [0.717, 1.165) is 70.6 Å². The summed E-state index contributed by atoms with van der Waals surface area (Å²) in [7, 11) is 0. The third kappa shape index (κ3) is 56.1. The molecule has 0 aromatic carbocycles. The van der Waals surface area contributed by atoms with Crippen molar-refractivity contribution in [3.05, 3.63) is 97.2 Å². The van der Waals surface area contributed by atoms with Gasteiger partial charge >= 0.3 is 0 Å². The highest BCUT2D eigenvalue weighted by Crippen LogP contribution is 2.17. The van der Waals surface area contributed by atoms with Crippen LogP contribution in [0.1, 0.15) is 290 Å². The molecule has 0 aliphatic carbocycles. The summed E-state index contributed by atoms with van der Waals surface area (Å²) in [4.78, 5) is 12.5. The number of carbonyl (C=O) groups is 1. The maximum absolute atomic E-state index is 12.5. The summed E-state index contributed by atoms with van der Waals surface area (Å²) in [5.74, 6) is -0.0721. The summed E-state index contributed by atoms with van der Waals surface area (Å²) < 4.78 is 0. The van der Waals surface area contributed by atoms with Gasteiger partial charge in [0.15, 0.2) is 0 Å². The van der Waals surface area contributed by atoms with Gasteiger partial charge in [-0.25, -0.2) is 0 Å². The molecule has 0 spiro atoms. The van der Waals surface area contributed by atoms with Crippen molar-refractivity contribution in [2.45, 2.75) is 302 Å². The Bertz CT molecular complexity index is 1270. The van der Waals surface area contributed by atoms with Gasteiger partial charge in [-0.15, -0.1) is 0 Å². The lowest BCUT2D eigenvalue weighted by Crippen LogP contribution is -2.45. The van der Waals surface area contributed by atoms with Crippen LogP contribution in [-0.4, -0.2) is 34.9 Å². The van der Waals surface area contributed by atoms with Crippen molar-refractivity contribution in [3.8, 4) is 0 Å². The molecule has 2 atom stereocenters. The Hall–Kier alpha value is -2.69. The molecule has 0 fully saturated rings. The molecule has 0 saturated carbocycles. The van der Waals surface area contributed by atoms with Gasteiger partial charge in [-0.3, -0.25) is 4.79 Å². The summed E-state index contributed by atoms with van der Waals surface area (Å²) in [6.07, 6.45) is 88.8. The van der Waals surface area contributed by atoms with Gasteiger partial charge in [0.2, 0.25) is 5.91 Å². The highest BCUT2D eigenvalue weighted by molar-refractivity contribution is 5.76. The summed E-state index contributed by atoms with van der Waals surface area (Å²) in [5.41, 5.74) is 0. The molecule has 69 heavy (non-hydrogen) atoms. The van der Waals surface area contributed by atoms with E-state index in [2.05, 4.69) is 104 Å². The molecular weight excluding hydrogens is 843 g/mol. The third-order valence-electron chi connectivity index (χ3n) is 13.3. The minimum Gasteiger partial charge on any atom is -0.394 e. The molecule has 1 amide bonds. The van der Waals surface area contributed by atoms with Crippen molar-refractivity contribution >= 4 is 5.91 Å². The van der Waals surface area contributed by atoms with E-state index in [0.29, 0.717) is 6.42 Å². The van der Waals surface area contributed by atoms with Crippen LogP contribution in [0, 0.1) is 0 Å². The molecule has 0 aliphatic rings. The topological polar surface area (TPSA) is 69.6 Å². The molecule has 0 heterocycles. The zero-order valence-electron chi connectivity index (χ0n) is 45.8. The number of allylic oxidation sites excluding steroid dienone is 15. The van der Waals surface area contributed by atoms with Crippen LogP contribution in [0.15, 0.2) is 97.2 Å². The summed E-state index contributed by atoms with van der Waals surface area (Å²) >= 11 is 0. The number of aliphatic hydroxyl groups excluding tert-OH is 2. The average Bonchev–Trinajstić information content (AvgIpc) is 3.35. The van der Waals surface area contributed by atoms with E-state index >= 15 is 0 Å². The largest absolute Gasteiger partial charge is 0.394 e.